The molecule has 1 amide bonds. The fourth-order valence-electron chi connectivity index (χ4n) is 3.65. The summed E-state index contributed by atoms with van der Waals surface area (Å²) in [5, 5.41) is 0.900. The number of carbonyl (C=O) groups is 2. The van der Waals surface area contributed by atoms with Gasteiger partial charge in [0.15, 0.2) is 5.78 Å². The van der Waals surface area contributed by atoms with Crippen molar-refractivity contribution in [1.29, 1.82) is 0 Å². The Bertz CT molecular complexity index is 892. The molecule has 7 heteroatoms. The van der Waals surface area contributed by atoms with Crippen molar-refractivity contribution >= 4 is 23.0 Å². The highest BCUT2D eigenvalue weighted by atomic mass is 32.1. The van der Waals surface area contributed by atoms with Crippen molar-refractivity contribution < 1.29 is 19.1 Å². The second-order valence-electron chi connectivity index (χ2n) is 6.91. The molecule has 1 aliphatic carbocycles. The van der Waals surface area contributed by atoms with E-state index in [-0.39, 0.29) is 17.8 Å². The number of amides is 1. The van der Waals surface area contributed by atoms with Gasteiger partial charge in [-0.3, -0.25) is 9.59 Å². The number of ether oxygens (including phenoxy) is 2. The van der Waals surface area contributed by atoms with Gasteiger partial charge >= 0.3 is 0 Å². The largest absolute Gasteiger partial charge is 0.491 e. The van der Waals surface area contributed by atoms with E-state index in [1.165, 1.54) is 11.3 Å². The van der Waals surface area contributed by atoms with E-state index in [9.17, 15) is 9.59 Å². The molecule has 0 bridgehead atoms. The van der Waals surface area contributed by atoms with Crippen LogP contribution in [-0.4, -0.2) is 54.0 Å². The van der Waals surface area contributed by atoms with Crippen molar-refractivity contribution in [3.63, 3.8) is 0 Å². The van der Waals surface area contributed by atoms with Crippen LogP contribution in [0.5, 0.6) is 5.75 Å². The minimum atomic E-state index is -0.190. The zero-order valence-electron chi connectivity index (χ0n) is 15.5. The lowest BCUT2D eigenvalue weighted by Crippen LogP contribution is -2.47. The molecule has 1 atom stereocenters. The van der Waals surface area contributed by atoms with E-state index in [0.29, 0.717) is 37.6 Å². The second kappa shape index (κ2) is 7.40. The Morgan fingerprint density at radius 2 is 2.22 bits per heavy atom. The van der Waals surface area contributed by atoms with Crippen LogP contribution in [0.4, 0.5) is 0 Å². The molecule has 4 rings (SSSR count). The molecule has 1 saturated heterocycles. The third kappa shape index (κ3) is 3.61. The molecular weight excluding hydrogens is 364 g/mol. The van der Waals surface area contributed by atoms with Gasteiger partial charge in [-0.1, -0.05) is 12.1 Å². The lowest BCUT2D eigenvalue weighted by molar-refractivity contribution is -0.0401. The summed E-state index contributed by atoms with van der Waals surface area (Å²) in [7, 11) is 0. The van der Waals surface area contributed by atoms with Crippen LogP contribution in [0.15, 0.2) is 18.2 Å². The minimum absolute atomic E-state index is 0.0117. The predicted octanol–water partition coefficient (Wildman–Crippen LogP) is 2.81. The molecule has 142 valence electrons. The number of rotatable bonds is 4. The number of Topliss-reactive ketones (excluding diaryl/α,β-unsaturated/α-hetero) is 1. The maximum Gasteiger partial charge on any atom is 0.266 e. The summed E-state index contributed by atoms with van der Waals surface area (Å²) in [5.74, 6) is 0.938. The number of carbonyl (C=O) groups excluding carboxylic acids is 2. The summed E-state index contributed by atoms with van der Waals surface area (Å²) in [6, 6.07) is 5.60. The van der Waals surface area contributed by atoms with E-state index in [0.717, 1.165) is 34.0 Å². The minimum Gasteiger partial charge on any atom is -0.491 e. The van der Waals surface area contributed by atoms with Gasteiger partial charge in [-0.2, -0.15) is 0 Å². The van der Waals surface area contributed by atoms with Crippen LogP contribution in [0.2, 0.25) is 0 Å². The Labute approximate surface area is 162 Å². The highest BCUT2D eigenvalue weighted by Crippen LogP contribution is 2.30. The lowest BCUT2D eigenvalue weighted by Gasteiger charge is -2.32. The summed E-state index contributed by atoms with van der Waals surface area (Å²) in [5.41, 5.74) is 2.54. The first kappa shape index (κ1) is 18.1. The Kier molecular flexibility index (Phi) is 4.97. The summed E-state index contributed by atoms with van der Waals surface area (Å²) in [6.07, 6.45) is 1.08. The van der Waals surface area contributed by atoms with Gasteiger partial charge in [-0.25, -0.2) is 4.98 Å². The van der Waals surface area contributed by atoms with E-state index in [1.54, 1.807) is 0 Å². The average molecular weight is 386 g/mol. The summed E-state index contributed by atoms with van der Waals surface area (Å²) in [4.78, 5) is 31.5. The third-order valence-corrected chi connectivity index (χ3v) is 6.04. The van der Waals surface area contributed by atoms with Crippen molar-refractivity contribution in [3.05, 3.63) is 44.9 Å². The van der Waals surface area contributed by atoms with Crippen molar-refractivity contribution in [2.24, 2.45) is 0 Å². The molecule has 0 saturated carbocycles. The van der Waals surface area contributed by atoms with E-state index in [2.05, 4.69) is 4.98 Å². The zero-order chi connectivity index (χ0) is 19.0. The van der Waals surface area contributed by atoms with E-state index < -0.39 is 0 Å². The fraction of sp³-hybridized carbons (Fsp3) is 0.450. The molecule has 6 nitrogen and oxygen atoms in total. The predicted molar refractivity (Wildman–Crippen MR) is 102 cm³/mol. The molecule has 0 spiro atoms. The molecule has 1 aromatic carbocycles. The fourth-order valence-corrected chi connectivity index (χ4v) is 4.54. The van der Waals surface area contributed by atoms with Gasteiger partial charge in [0.25, 0.3) is 5.91 Å². The molecule has 27 heavy (non-hydrogen) atoms. The van der Waals surface area contributed by atoms with E-state index in [4.69, 9.17) is 9.47 Å². The summed E-state index contributed by atoms with van der Waals surface area (Å²) < 4.78 is 11.8. The Hall–Kier alpha value is -2.25. The number of hydrogen-bond donors (Lipinski definition) is 0. The van der Waals surface area contributed by atoms with Gasteiger partial charge in [-0.05, 0) is 26.3 Å². The number of aryl methyl sites for hydroxylation is 2. The standard InChI is InChI=1S/C20H22N2O4S/c1-12-19(27-13(2)21-12)20(24)22-8-9-25-14(10-22)11-26-18-5-3-4-15-16(18)6-7-17(15)23/h3-5,14H,6-11H2,1-2H3. The summed E-state index contributed by atoms with van der Waals surface area (Å²) in [6.45, 7) is 5.68. The molecule has 2 heterocycles. The first-order valence-electron chi connectivity index (χ1n) is 9.15. The van der Waals surface area contributed by atoms with Crippen molar-refractivity contribution in [3.8, 4) is 5.75 Å². The second-order valence-corrected chi connectivity index (χ2v) is 8.11. The quantitative estimate of drug-likeness (QED) is 0.808. The van der Waals surface area contributed by atoms with Crippen LogP contribution in [0.1, 0.15) is 42.7 Å². The number of fused-ring (bicyclic) bond motifs is 1. The van der Waals surface area contributed by atoms with Gasteiger partial charge in [-0.15, -0.1) is 11.3 Å². The number of hydrogen-bond acceptors (Lipinski definition) is 6. The monoisotopic (exact) mass is 386 g/mol. The topological polar surface area (TPSA) is 68.7 Å². The molecular formula is C20H22N2O4S. The van der Waals surface area contributed by atoms with Gasteiger partial charge in [0.2, 0.25) is 0 Å². The van der Waals surface area contributed by atoms with Crippen LogP contribution < -0.4 is 4.74 Å². The number of thiazole rings is 1. The van der Waals surface area contributed by atoms with Gasteiger partial charge in [0, 0.05) is 24.1 Å². The van der Waals surface area contributed by atoms with Crippen LogP contribution in [0, 0.1) is 13.8 Å². The number of nitrogens with zero attached hydrogens (tertiary/aromatic N) is 2. The van der Waals surface area contributed by atoms with Crippen molar-refractivity contribution in [2.75, 3.05) is 26.3 Å². The van der Waals surface area contributed by atoms with Crippen LogP contribution in [-0.2, 0) is 11.2 Å². The van der Waals surface area contributed by atoms with E-state index >= 15 is 0 Å². The zero-order valence-corrected chi connectivity index (χ0v) is 16.3. The van der Waals surface area contributed by atoms with Gasteiger partial charge < -0.3 is 14.4 Å². The number of morpholine rings is 1. The molecule has 1 aromatic heterocycles. The van der Waals surface area contributed by atoms with Crippen LogP contribution >= 0.6 is 11.3 Å². The molecule has 2 aliphatic rings. The van der Waals surface area contributed by atoms with Crippen LogP contribution in [0.3, 0.4) is 0 Å². The molecule has 0 radical (unpaired) electrons. The number of ketones is 1. The van der Waals surface area contributed by atoms with Crippen LogP contribution in [0.25, 0.3) is 0 Å². The highest BCUT2D eigenvalue weighted by molar-refractivity contribution is 7.13. The lowest BCUT2D eigenvalue weighted by atomic mass is 10.1. The smallest absolute Gasteiger partial charge is 0.266 e. The SMILES string of the molecule is Cc1nc(C)c(C(=O)N2CCOC(COc3cccc4c3CCC4=O)C2)s1. The van der Waals surface area contributed by atoms with Gasteiger partial charge in [0.05, 0.1) is 23.9 Å². The first-order chi connectivity index (χ1) is 13.0. The van der Waals surface area contributed by atoms with Crippen molar-refractivity contribution in [1.82, 2.24) is 9.88 Å². The van der Waals surface area contributed by atoms with E-state index in [1.807, 2.05) is 36.9 Å². The maximum atomic E-state index is 12.8. The maximum absolute atomic E-state index is 12.8. The Morgan fingerprint density at radius 3 is 3.00 bits per heavy atom. The number of benzene rings is 1. The van der Waals surface area contributed by atoms with Gasteiger partial charge in [0.1, 0.15) is 23.3 Å². The molecule has 2 aromatic rings. The molecule has 1 aliphatic heterocycles. The number of aromatic nitrogens is 1. The Balaban J connectivity index is 1.40. The molecule has 0 N–H and O–H groups in total. The van der Waals surface area contributed by atoms with Crippen molar-refractivity contribution in [2.45, 2.75) is 32.8 Å². The normalized spacial score (nSPS) is 19.3. The average Bonchev–Trinajstić information content (AvgIpc) is 3.22. The molecule has 1 fully saturated rings. The molecule has 1 unspecified atom stereocenters. The highest BCUT2D eigenvalue weighted by Gasteiger charge is 2.28. The Morgan fingerprint density at radius 1 is 1.37 bits per heavy atom. The summed E-state index contributed by atoms with van der Waals surface area (Å²) >= 11 is 1.43. The third-order valence-electron chi connectivity index (χ3n) is 4.98. The first-order valence-corrected chi connectivity index (χ1v) is 9.97.